The summed E-state index contributed by atoms with van der Waals surface area (Å²) in [5.41, 5.74) is 5.96. The first-order valence-electron chi connectivity index (χ1n) is 11.3. The Balaban J connectivity index is 1.63. The van der Waals surface area contributed by atoms with Gasteiger partial charge in [-0.2, -0.15) is 13.2 Å². The number of alkyl halides is 3. The van der Waals surface area contributed by atoms with Crippen LogP contribution in [0.2, 0.25) is 0 Å². The molecule has 0 atom stereocenters. The molecule has 2 aromatic carbocycles. The number of methoxy groups -OCH3 is 2. The number of nitrogens with zero attached hydrogens (tertiary/aromatic N) is 2. The van der Waals surface area contributed by atoms with E-state index in [4.69, 9.17) is 19.9 Å². The fourth-order valence-corrected chi connectivity index (χ4v) is 4.37. The number of nitrogen functional groups attached to an aromatic ring is 1. The lowest BCUT2D eigenvalue weighted by molar-refractivity contribution is -0.137. The Labute approximate surface area is 201 Å². The quantitative estimate of drug-likeness (QED) is 0.391. The first kappa shape index (κ1) is 24.8. The molecular formula is C25H29F3N4O3. The number of nitrogens with two attached hydrogens (primary N) is 1. The summed E-state index contributed by atoms with van der Waals surface area (Å²) in [6.07, 6.45) is -1.27. The predicted octanol–water partition coefficient (Wildman–Crippen LogP) is 5.36. The summed E-state index contributed by atoms with van der Waals surface area (Å²) in [5.74, 6) is 2.07. The van der Waals surface area contributed by atoms with E-state index in [0.29, 0.717) is 52.8 Å². The van der Waals surface area contributed by atoms with Crippen LogP contribution in [0.25, 0.3) is 10.9 Å². The van der Waals surface area contributed by atoms with E-state index in [-0.39, 0.29) is 17.6 Å². The minimum atomic E-state index is -4.48. The molecule has 0 unspecified atom stereocenters. The number of fused-ring (bicyclic) bond motifs is 1. The number of nitrogens with one attached hydrogen (secondary N) is 1. The number of hydrogen-bond donors (Lipinski definition) is 2. The minimum absolute atomic E-state index is 0.0109. The molecule has 3 N–H and O–H groups in total. The highest BCUT2D eigenvalue weighted by atomic mass is 19.4. The SMILES string of the molecule is COCC1(COc2cc3c(NCc4cc(N)cc(C(F)(F)F)c4)nc(C)nc3cc2OC)CCC1. The van der Waals surface area contributed by atoms with Gasteiger partial charge in [0.15, 0.2) is 11.5 Å². The number of rotatable bonds is 9. The molecule has 188 valence electrons. The van der Waals surface area contributed by atoms with Crippen LogP contribution in [0.3, 0.4) is 0 Å². The zero-order valence-corrected chi connectivity index (χ0v) is 20.0. The molecule has 1 aliphatic carbocycles. The van der Waals surface area contributed by atoms with Crippen molar-refractivity contribution in [2.45, 2.75) is 38.9 Å². The Morgan fingerprint density at radius 2 is 1.80 bits per heavy atom. The third-order valence-corrected chi connectivity index (χ3v) is 6.29. The number of anilines is 2. The maximum Gasteiger partial charge on any atom is 0.416 e. The molecule has 1 fully saturated rings. The Morgan fingerprint density at radius 1 is 1.03 bits per heavy atom. The van der Waals surface area contributed by atoms with Crippen molar-refractivity contribution in [3.63, 3.8) is 0 Å². The van der Waals surface area contributed by atoms with Gasteiger partial charge in [0.05, 0.1) is 31.4 Å². The van der Waals surface area contributed by atoms with Crippen LogP contribution in [0.15, 0.2) is 30.3 Å². The van der Waals surface area contributed by atoms with Crippen LogP contribution >= 0.6 is 0 Å². The van der Waals surface area contributed by atoms with Crippen molar-refractivity contribution in [2.24, 2.45) is 5.41 Å². The lowest BCUT2D eigenvalue weighted by Gasteiger charge is -2.40. The van der Waals surface area contributed by atoms with Gasteiger partial charge in [0.1, 0.15) is 11.6 Å². The molecular weight excluding hydrogens is 461 g/mol. The Bertz CT molecular complexity index is 1210. The molecule has 7 nitrogen and oxygen atoms in total. The van der Waals surface area contributed by atoms with E-state index >= 15 is 0 Å². The summed E-state index contributed by atoms with van der Waals surface area (Å²) in [4.78, 5) is 8.97. The molecule has 4 rings (SSSR count). The zero-order chi connectivity index (χ0) is 25.2. The minimum Gasteiger partial charge on any atom is -0.493 e. The largest absolute Gasteiger partial charge is 0.493 e. The smallest absolute Gasteiger partial charge is 0.416 e. The highest BCUT2D eigenvalue weighted by molar-refractivity contribution is 5.91. The molecule has 35 heavy (non-hydrogen) atoms. The van der Waals surface area contributed by atoms with E-state index in [1.54, 1.807) is 33.3 Å². The summed E-state index contributed by atoms with van der Waals surface area (Å²) in [5, 5.41) is 3.81. The van der Waals surface area contributed by atoms with Crippen molar-refractivity contribution in [3.05, 3.63) is 47.3 Å². The highest BCUT2D eigenvalue weighted by Crippen LogP contribution is 2.43. The van der Waals surface area contributed by atoms with Crippen LogP contribution in [-0.2, 0) is 17.5 Å². The van der Waals surface area contributed by atoms with Gasteiger partial charge in [-0.1, -0.05) is 6.42 Å². The average molecular weight is 491 g/mol. The van der Waals surface area contributed by atoms with E-state index in [9.17, 15) is 13.2 Å². The van der Waals surface area contributed by atoms with E-state index in [0.717, 1.165) is 31.4 Å². The van der Waals surface area contributed by atoms with Crippen LogP contribution < -0.4 is 20.5 Å². The van der Waals surface area contributed by atoms with Gasteiger partial charge in [-0.15, -0.1) is 0 Å². The van der Waals surface area contributed by atoms with E-state index in [2.05, 4.69) is 15.3 Å². The van der Waals surface area contributed by atoms with Gasteiger partial charge < -0.3 is 25.3 Å². The molecule has 1 aromatic heterocycles. The maximum atomic E-state index is 13.2. The van der Waals surface area contributed by atoms with Crippen molar-refractivity contribution >= 4 is 22.4 Å². The fraction of sp³-hybridized carbons (Fsp3) is 0.440. The Kier molecular flexibility index (Phi) is 6.93. The topological polar surface area (TPSA) is 91.5 Å². The van der Waals surface area contributed by atoms with Crippen LogP contribution in [-0.4, -0.2) is 37.4 Å². The molecule has 0 bridgehead atoms. The fourth-order valence-electron chi connectivity index (χ4n) is 4.37. The molecule has 1 heterocycles. The number of aromatic nitrogens is 2. The van der Waals surface area contributed by atoms with Gasteiger partial charge in [-0.05, 0) is 49.6 Å². The summed E-state index contributed by atoms with van der Waals surface area (Å²) < 4.78 is 56.7. The molecule has 10 heteroatoms. The molecule has 0 saturated heterocycles. The number of ether oxygens (including phenoxy) is 3. The summed E-state index contributed by atoms with van der Waals surface area (Å²) >= 11 is 0. The summed E-state index contributed by atoms with van der Waals surface area (Å²) in [7, 11) is 3.25. The van der Waals surface area contributed by atoms with Crippen molar-refractivity contribution in [3.8, 4) is 11.5 Å². The standard InChI is InChI=1S/C25H29F3N4O3/c1-15-31-20-11-21(34-3)22(35-14-24(13-33-2)5-4-6-24)10-19(20)23(32-15)30-12-16-7-17(25(26,27)28)9-18(29)8-16/h7-11H,4-6,12-14,29H2,1-3H3,(H,30,31,32). The Morgan fingerprint density at radius 3 is 2.43 bits per heavy atom. The van der Waals surface area contributed by atoms with Crippen molar-refractivity contribution in [1.29, 1.82) is 0 Å². The van der Waals surface area contributed by atoms with Gasteiger partial charge in [0.25, 0.3) is 0 Å². The second-order valence-electron chi connectivity index (χ2n) is 9.03. The normalized spacial score (nSPS) is 15.0. The molecule has 0 spiro atoms. The average Bonchev–Trinajstić information content (AvgIpc) is 2.77. The highest BCUT2D eigenvalue weighted by Gasteiger charge is 2.38. The third kappa shape index (κ3) is 5.53. The summed E-state index contributed by atoms with van der Waals surface area (Å²) in [6, 6.07) is 7.07. The second kappa shape index (κ2) is 9.77. The molecule has 0 amide bonds. The van der Waals surface area contributed by atoms with E-state index in [1.165, 1.54) is 6.07 Å². The molecule has 1 saturated carbocycles. The van der Waals surface area contributed by atoms with Crippen molar-refractivity contribution < 1.29 is 27.4 Å². The van der Waals surface area contributed by atoms with Gasteiger partial charge in [-0.3, -0.25) is 0 Å². The van der Waals surface area contributed by atoms with E-state index in [1.807, 2.05) is 0 Å². The second-order valence-corrected chi connectivity index (χ2v) is 9.03. The lowest BCUT2D eigenvalue weighted by Crippen LogP contribution is -2.39. The van der Waals surface area contributed by atoms with Crippen molar-refractivity contribution in [2.75, 3.05) is 38.5 Å². The zero-order valence-electron chi connectivity index (χ0n) is 20.0. The molecule has 0 aliphatic heterocycles. The Hall–Kier alpha value is -3.27. The van der Waals surface area contributed by atoms with Gasteiger partial charge in [0, 0.05) is 36.2 Å². The van der Waals surface area contributed by atoms with Crippen LogP contribution in [0.1, 0.15) is 36.2 Å². The first-order chi connectivity index (χ1) is 16.6. The van der Waals surface area contributed by atoms with E-state index < -0.39 is 11.7 Å². The molecule has 3 aromatic rings. The van der Waals surface area contributed by atoms with Crippen LogP contribution in [0.5, 0.6) is 11.5 Å². The summed E-state index contributed by atoms with van der Waals surface area (Å²) in [6.45, 7) is 2.95. The van der Waals surface area contributed by atoms with Gasteiger partial charge in [-0.25, -0.2) is 9.97 Å². The third-order valence-electron chi connectivity index (χ3n) is 6.29. The monoisotopic (exact) mass is 490 g/mol. The van der Waals surface area contributed by atoms with Gasteiger partial charge >= 0.3 is 6.18 Å². The number of benzene rings is 2. The lowest BCUT2D eigenvalue weighted by atomic mass is 9.70. The van der Waals surface area contributed by atoms with Crippen LogP contribution in [0, 0.1) is 12.3 Å². The van der Waals surface area contributed by atoms with Crippen LogP contribution in [0.4, 0.5) is 24.7 Å². The number of halogens is 3. The van der Waals surface area contributed by atoms with Gasteiger partial charge in [0.2, 0.25) is 0 Å². The predicted molar refractivity (Wildman–Crippen MR) is 128 cm³/mol. The number of aryl methyl sites for hydroxylation is 1. The first-order valence-corrected chi connectivity index (χ1v) is 11.3. The maximum absolute atomic E-state index is 13.2. The number of hydrogen-bond acceptors (Lipinski definition) is 7. The molecule has 0 radical (unpaired) electrons. The van der Waals surface area contributed by atoms with Crippen molar-refractivity contribution in [1.82, 2.24) is 9.97 Å². The molecule has 1 aliphatic rings.